The van der Waals surface area contributed by atoms with Crippen molar-refractivity contribution in [1.29, 1.82) is 5.26 Å². The van der Waals surface area contributed by atoms with Crippen molar-refractivity contribution in [3.63, 3.8) is 0 Å². The molecule has 0 saturated heterocycles. The fraction of sp³-hybridized carbons (Fsp3) is 0.379. The van der Waals surface area contributed by atoms with E-state index < -0.39 is 0 Å². The zero-order valence-electron chi connectivity index (χ0n) is 22.0. The number of fused-ring (bicyclic) bond motifs is 1. The molecule has 0 spiro atoms. The molecule has 0 radical (unpaired) electrons. The number of nitrogens with zero attached hydrogens (tertiary/aromatic N) is 5. The Hall–Kier alpha value is -3.96. The summed E-state index contributed by atoms with van der Waals surface area (Å²) < 4.78 is 5.61. The number of hydrogen-bond donors (Lipinski definition) is 1. The van der Waals surface area contributed by atoms with Gasteiger partial charge < -0.3 is 20.3 Å². The van der Waals surface area contributed by atoms with Crippen LogP contribution in [0.2, 0.25) is 0 Å². The van der Waals surface area contributed by atoms with Crippen LogP contribution < -0.4 is 10.5 Å². The molecular formula is C29H34N6O2. The summed E-state index contributed by atoms with van der Waals surface area (Å²) in [6.07, 6.45) is 4.73. The Morgan fingerprint density at radius 1 is 1.14 bits per heavy atom. The molecule has 1 aliphatic rings. The van der Waals surface area contributed by atoms with Gasteiger partial charge in [0, 0.05) is 42.2 Å². The highest BCUT2D eigenvalue weighted by Crippen LogP contribution is 2.35. The molecule has 2 aromatic heterocycles. The van der Waals surface area contributed by atoms with Gasteiger partial charge in [-0.25, -0.2) is 0 Å². The largest absolute Gasteiger partial charge is 0.492 e. The van der Waals surface area contributed by atoms with E-state index in [0.717, 1.165) is 53.0 Å². The summed E-state index contributed by atoms with van der Waals surface area (Å²) in [6, 6.07) is 10.1. The van der Waals surface area contributed by atoms with Crippen LogP contribution in [0.15, 0.2) is 36.7 Å². The van der Waals surface area contributed by atoms with Crippen LogP contribution in [0.1, 0.15) is 52.3 Å². The molecule has 8 nitrogen and oxygen atoms in total. The lowest BCUT2D eigenvalue weighted by Crippen LogP contribution is -2.37. The molecule has 8 heteroatoms. The summed E-state index contributed by atoms with van der Waals surface area (Å²) >= 11 is 0. The van der Waals surface area contributed by atoms with E-state index in [9.17, 15) is 10.1 Å². The van der Waals surface area contributed by atoms with E-state index in [0.29, 0.717) is 48.8 Å². The first-order valence-electron chi connectivity index (χ1n) is 12.7. The Morgan fingerprint density at radius 2 is 1.92 bits per heavy atom. The standard InChI is InChI=1S/C29H34N6O2/c1-5-34(4)9-7-20-11-26(25-13-22(31)17-32-19(25)3)24-8-10-35(29(36)27(24)12-20)18-23-14-28(37-6-2)21(15-30)16-33-23/h11-14,16-17H,5-10,18,31H2,1-4H3. The fourth-order valence-electron chi connectivity index (χ4n) is 4.66. The van der Waals surface area contributed by atoms with Crippen molar-refractivity contribution >= 4 is 11.6 Å². The maximum atomic E-state index is 13.8. The summed E-state index contributed by atoms with van der Waals surface area (Å²) in [5, 5.41) is 9.34. The Morgan fingerprint density at radius 3 is 2.65 bits per heavy atom. The molecule has 3 heterocycles. The minimum Gasteiger partial charge on any atom is -0.492 e. The van der Waals surface area contributed by atoms with Crippen LogP contribution in [0.5, 0.6) is 5.75 Å². The van der Waals surface area contributed by atoms with Crippen molar-refractivity contribution in [2.75, 3.05) is 39.0 Å². The molecule has 1 aromatic carbocycles. The molecule has 4 rings (SSSR count). The molecular weight excluding hydrogens is 464 g/mol. The molecule has 1 amide bonds. The quantitative estimate of drug-likeness (QED) is 0.475. The average molecular weight is 499 g/mol. The zero-order valence-corrected chi connectivity index (χ0v) is 22.0. The maximum Gasteiger partial charge on any atom is 0.254 e. The number of carbonyl (C=O) groups is 1. The minimum absolute atomic E-state index is 0.0215. The Balaban J connectivity index is 1.71. The lowest BCUT2D eigenvalue weighted by atomic mass is 9.87. The molecule has 0 fully saturated rings. The van der Waals surface area contributed by atoms with Gasteiger partial charge >= 0.3 is 0 Å². The van der Waals surface area contributed by atoms with Crippen LogP contribution in [0.3, 0.4) is 0 Å². The number of amides is 1. The van der Waals surface area contributed by atoms with E-state index in [1.165, 1.54) is 6.20 Å². The van der Waals surface area contributed by atoms with Crippen LogP contribution in [-0.4, -0.2) is 59.0 Å². The second kappa shape index (κ2) is 11.4. The predicted octanol–water partition coefficient (Wildman–Crippen LogP) is 4.00. The lowest BCUT2D eigenvalue weighted by Gasteiger charge is -2.31. The highest BCUT2D eigenvalue weighted by molar-refractivity contribution is 5.99. The van der Waals surface area contributed by atoms with Gasteiger partial charge in [-0.05, 0) is 69.1 Å². The Bertz CT molecular complexity index is 1350. The summed E-state index contributed by atoms with van der Waals surface area (Å²) in [5.74, 6) is 0.473. The summed E-state index contributed by atoms with van der Waals surface area (Å²) in [4.78, 5) is 26.8. The van der Waals surface area contributed by atoms with Crippen molar-refractivity contribution in [1.82, 2.24) is 19.8 Å². The topological polar surface area (TPSA) is 108 Å². The van der Waals surface area contributed by atoms with Gasteiger partial charge in [-0.3, -0.25) is 14.8 Å². The first-order valence-corrected chi connectivity index (χ1v) is 12.7. The number of likely N-dealkylation sites (N-methyl/N-ethyl adjacent to an activating group) is 1. The van der Waals surface area contributed by atoms with Gasteiger partial charge in [0.1, 0.15) is 17.4 Å². The van der Waals surface area contributed by atoms with E-state index in [1.807, 2.05) is 30.9 Å². The molecule has 0 atom stereocenters. The number of rotatable bonds is 9. The first-order chi connectivity index (χ1) is 17.8. The third-order valence-electron chi connectivity index (χ3n) is 6.88. The lowest BCUT2D eigenvalue weighted by molar-refractivity contribution is 0.0724. The van der Waals surface area contributed by atoms with Crippen molar-refractivity contribution in [3.05, 3.63) is 70.3 Å². The first kappa shape index (κ1) is 26.1. The molecule has 0 unspecified atom stereocenters. The van der Waals surface area contributed by atoms with E-state index >= 15 is 0 Å². The normalized spacial score (nSPS) is 13.0. The number of pyridine rings is 2. The Kier molecular flexibility index (Phi) is 8.04. The van der Waals surface area contributed by atoms with Crippen LogP contribution in [0.4, 0.5) is 5.69 Å². The number of ether oxygens (including phenoxy) is 1. The number of nitriles is 1. The molecule has 1 aliphatic heterocycles. The van der Waals surface area contributed by atoms with Crippen LogP contribution in [0, 0.1) is 18.3 Å². The number of benzene rings is 1. The number of nitrogens with two attached hydrogens (primary N) is 1. The summed E-state index contributed by atoms with van der Waals surface area (Å²) in [5.41, 5.74) is 13.5. The van der Waals surface area contributed by atoms with E-state index in [4.69, 9.17) is 10.5 Å². The van der Waals surface area contributed by atoms with Crippen molar-refractivity contribution in [2.45, 2.75) is 40.2 Å². The van der Waals surface area contributed by atoms with Crippen molar-refractivity contribution in [3.8, 4) is 22.9 Å². The molecule has 0 bridgehead atoms. The Labute approximate surface area is 218 Å². The smallest absolute Gasteiger partial charge is 0.254 e. The van der Waals surface area contributed by atoms with Gasteiger partial charge in [-0.1, -0.05) is 13.0 Å². The minimum atomic E-state index is -0.0215. The highest BCUT2D eigenvalue weighted by atomic mass is 16.5. The number of carbonyl (C=O) groups excluding carboxylic acids is 1. The number of nitrogen functional groups attached to an aromatic ring is 1. The second-order valence-electron chi connectivity index (χ2n) is 9.41. The molecule has 2 N–H and O–H groups in total. The molecule has 37 heavy (non-hydrogen) atoms. The highest BCUT2D eigenvalue weighted by Gasteiger charge is 2.28. The van der Waals surface area contributed by atoms with Gasteiger partial charge in [0.2, 0.25) is 0 Å². The second-order valence-corrected chi connectivity index (χ2v) is 9.41. The molecule has 0 aliphatic carbocycles. The third kappa shape index (κ3) is 5.73. The van der Waals surface area contributed by atoms with Gasteiger partial charge in [-0.2, -0.15) is 5.26 Å². The third-order valence-corrected chi connectivity index (χ3v) is 6.88. The van der Waals surface area contributed by atoms with Crippen LogP contribution >= 0.6 is 0 Å². The number of aryl methyl sites for hydroxylation is 1. The SMILES string of the molecule is CCOc1cc(CN2CCc3c(cc(CCN(C)CC)cc3-c3cc(N)cnc3C)C2=O)ncc1C#N. The van der Waals surface area contributed by atoms with E-state index in [2.05, 4.69) is 41.0 Å². The van der Waals surface area contributed by atoms with Gasteiger partial charge in [0.05, 0.1) is 30.7 Å². The number of aromatic nitrogens is 2. The molecule has 192 valence electrons. The van der Waals surface area contributed by atoms with Crippen molar-refractivity contribution in [2.24, 2.45) is 0 Å². The fourth-order valence-corrected chi connectivity index (χ4v) is 4.66. The average Bonchev–Trinajstić information content (AvgIpc) is 2.90. The van der Waals surface area contributed by atoms with Crippen LogP contribution in [-0.2, 0) is 19.4 Å². The van der Waals surface area contributed by atoms with E-state index in [1.54, 1.807) is 12.3 Å². The zero-order chi connectivity index (χ0) is 26.5. The van der Waals surface area contributed by atoms with Gasteiger partial charge in [-0.15, -0.1) is 0 Å². The number of anilines is 1. The predicted molar refractivity (Wildman–Crippen MR) is 144 cm³/mol. The summed E-state index contributed by atoms with van der Waals surface area (Å²) in [6.45, 7) is 9.21. The number of hydrogen-bond acceptors (Lipinski definition) is 7. The monoisotopic (exact) mass is 498 g/mol. The summed E-state index contributed by atoms with van der Waals surface area (Å²) in [7, 11) is 2.10. The molecule has 0 saturated carbocycles. The molecule has 3 aromatic rings. The van der Waals surface area contributed by atoms with Gasteiger partial charge in [0.25, 0.3) is 5.91 Å². The maximum absolute atomic E-state index is 13.8. The van der Waals surface area contributed by atoms with Gasteiger partial charge in [0.15, 0.2) is 0 Å². The van der Waals surface area contributed by atoms with E-state index in [-0.39, 0.29) is 5.91 Å². The van der Waals surface area contributed by atoms with Crippen LogP contribution in [0.25, 0.3) is 11.1 Å². The van der Waals surface area contributed by atoms with Crippen molar-refractivity contribution < 1.29 is 9.53 Å².